The first-order valence-electron chi connectivity index (χ1n) is 6.67. The summed E-state index contributed by atoms with van der Waals surface area (Å²) in [5.41, 5.74) is 1.45. The highest BCUT2D eigenvalue weighted by Crippen LogP contribution is 2.15. The summed E-state index contributed by atoms with van der Waals surface area (Å²) < 4.78 is 7.67. The molecule has 0 fully saturated rings. The van der Waals surface area contributed by atoms with E-state index in [1.54, 1.807) is 7.11 Å². The third-order valence-corrected chi connectivity index (χ3v) is 3.16. The molecule has 0 aliphatic heterocycles. The first kappa shape index (κ1) is 15.3. The van der Waals surface area contributed by atoms with Gasteiger partial charge in [-0.1, -0.05) is 0 Å². The van der Waals surface area contributed by atoms with Crippen LogP contribution in [-0.4, -0.2) is 22.8 Å². The lowest BCUT2D eigenvalue weighted by Gasteiger charge is -2.22. The van der Waals surface area contributed by atoms with Crippen LogP contribution < -0.4 is 5.32 Å². The Labute approximate surface area is 112 Å². The van der Waals surface area contributed by atoms with E-state index in [1.807, 2.05) is 0 Å². The largest absolute Gasteiger partial charge is 0.379 e. The number of aryl methyl sites for hydroxylation is 1. The van der Waals surface area contributed by atoms with Crippen molar-refractivity contribution in [3.8, 4) is 0 Å². The van der Waals surface area contributed by atoms with Crippen molar-refractivity contribution in [1.29, 1.82) is 0 Å². The summed E-state index contributed by atoms with van der Waals surface area (Å²) in [5, 5.41) is 3.50. The Morgan fingerprint density at radius 3 is 2.44 bits per heavy atom. The fourth-order valence-electron chi connectivity index (χ4n) is 1.60. The van der Waals surface area contributed by atoms with Gasteiger partial charge in [-0.3, -0.25) is 0 Å². The lowest BCUT2D eigenvalue weighted by molar-refractivity contribution is 0.0120. The van der Waals surface area contributed by atoms with E-state index < -0.39 is 0 Å². The highest BCUT2D eigenvalue weighted by Gasteiger charge is 2.15. The summed E-state index contributed by atoms with van der Waals surface area (Å²) in [4.78, 5) is 0. The Morgan fingerprint density at radius 1 is 1.22 bits per heavy atom. The van der Waals surface area contributed by atoms with Gasteiger partial charge in [-0.05, 0) is 52.7 Å². The molecule has 0 amide bonds. The summed E-state index contributed by atoms with van der Waals surface area (Å²) in [5.74, 6) is 0. The number of aromatic nitrogens is 1. The second kappa shape index (κ2) is 5.89. The summed E-state index contributed by atoms with van der Waals surface area (Å²) in [6.45, 7) is 12.7. The molecule has 0 aromatic carbocycles. The molecule has 3 heteroatoms. The second-order valence-corrected chi connectivity index (χ2v) is 6.57. The zero-order chi connectivity index (χ0) is 13.8. The van der Waals surface area contributed by atoms with Crippen LogP contribution in [0.3, 0.4) is 0 Å². The smallest absolute Gasteiger partial charge is 0.0639 e. The van der Waals surface area contributed by atoms with Crippen LogP contribution >= 0.6 is 0 Å². The molecule has 104 valence electrons. The number of methoxy groups -OCH3 is 1. The van der Waals surface area contributed by atoms with Crippen molar-refractivity contribution in [1.82, 2.24) is 9.88 Å². The van der Waals surface area contributed by atoms with E-state index in [-0.39, 0.29) is 11.1 Å². The Hall–Kier alpha value is -0.800. The van der Waals surface area contributed by atoms with Gasteiger partial charge in [0.05, 0.1) is 5.60 Å². The van der Waals surface area contributed by atoms with E-state index in [1.165, 1.54) is 5.56 Å². The van der Waals surface area contributed by atoms with E-state index in [0.717, 1.165) is 19.5 Å². The van der Waals surface area contributed by atoms with E-state index in [4.69, 9.17) is 4.74 Å². The Bertz CT molecular complexity index is 361. The van der Waals surface area contributed by atoms with Gasteiger partial charge < -0.3 is 14.6 Å². The predicted octanol–water partition coefficient (Wildman–Crippen LogP) is 3.19. The molecule has 0 saturated carbocycles. The molecular formula is C15H28N2O. The van der Waals surface area contributed by atoms with E-state index >= 15 is 0 Å². The maximum absolute atomic E-state index is 5.43. The van der Waals surface area contributed by atoms with Gasteiger partial charge in [0.15, 0.2) is 0 Å². The molecule has 1 rings (SSSR count). The quantitative estimate of drug-likeness (QED) is 0.841. The minimum atomic E-state index is -0.0475. The number of hydrogen-bond acceptors (Lipinski definition) is 2. The van der Waals surface area contributed by atoms with Crippen LogP contribution in [0.1, 0.15) is 46.6 Å². The molecule has 1 aromatic rings. The summed E-state index contributed by atoms with van der Waals surface area (Å²) in [6.07, 6.45) is 5.38. The van der Waals surface area contributed by atoms with Gasteiger partial charge in [0.25, 0.3) is 0 Å². The van der Waals surface area contributed by atoms with Crippen molar-refractivity contribution in [2.45, 2.75) is 65.3 Å². The first-order valence-corrected chi connectivity index (χ1v) is 6.67. The molecule has 18 heavy (non-hydrogen) atoms. The number of hydrogen-bond donors (Lipinski definition) is 1. The predicted molar refractivity (Wildman–Crippen MR) is 76.7 cm³/mol. The Kier molecular flexibility index (Phi) is 5.00. The lowest BCUT2D eigenvalue weighted by Crippen LogP contribution is -2.34. The van der Waals surface area contributed by atoms with Crippen LogP contribution in [-0.2, 0) is 17.8 Å². The molecule has 1 heterocycles. The van der Waals surface area contributed by atoms with Gasteiger partial charge in [0.2, 0.25) is 0 Å². The molecule has 0 bridgehead atoms. The number of ether oxygens (including phenoxy) is 1. The fraction of sp³-hybridized carbons (Fsp3) is 0.733. The zero-order valence-electron chi connectivity index (χ0n) is 12.7. The van der Waals surface area contributed by atoms with Crippen LogP contribution in [0.25, 0.3) is 0 Å². The van der Waals surface area contributed by atoms with Gasteiger partial charge in [0, 0.05) is 38.1 Å². The van der Waals surface area contributed by atoms with Gasteiger partial charge in [-0.15, -0.1) is 0 Å². The van der Waals surface area contributed by atoms with Crippen molar-refractivity contribution in [3.05, 3.63) is 24.0 Å². The van der Waals surface area contributed by atoms with Crippen LogP contribution in [0.5, 0.6) is 0 Å². The number of nitrogens with zero attached hydrogens (tertiary/aromatic N) is 1. The van der Waals surface area contributed by atoms with Crippen LogP contribution in [0.4, 0.5) is 0 Å². The van der Waals surface area contributed by atoms with Crippen molar-refractivity contribution >= 4 is 0 Å². The molecule has 0 radical (unpaired) electrons. The monoisotopic (exact) mass is 252 g/mol. The molecule has 1 N–H and O–H groups in total. The summed E-state index contributed by atoms with van der Waals surface area (Å²) in [6, 6.07) is 2.18. The molecule has 0 unspecified atom stereocenters. The zero-order valence-corrected chi connectivity index (χ0v) is 12.7. The topological polar surface area (TPSA) is 26.2 Å². The van der Waals surface area contributed by atoms with Gasteiger partial charge in [-0.2, -0.15) is 0 Å². The molecule has 0 saturated heterocycles. The van der Waals surface area contributed by atoms with E-state index in [2.05, 4.69) is 63.0 Å². The lowest BCUT2D eigenvalue weighted by atomic mass is 10.1. The van der Waals surface area contributed by atoms with E-state index in [0.29, 0.717) is 0 Å². The second-order valence-electron chi connectivity index (χ2n) is 6.57. The van der Waals surface area contributed by atoms with Crippen molar-refractivity contribution in [3.63, 3.8) is 0 Å². The number of nitrogens with one attached hydrogen (secondary N) is 1. The first-order chi connectivity index (χ1) is 8.22. The van der Waals surface area contributed by atoms with E-state index in [9.17, 15) is 0 Å². The standard InChI is InChI=1S/C15H28N2O/c1-14(2,3)16-11-13-7-9-17(12-13)10-8-15(4,5)18-6/h7,9,12,16H,8,10-11H2,1-6H3. The maximum atomic E-state index is 5.43. The normalized spacial score (nSPS) is 13.0. The maximum Gasteiger partial charge on any atom is 0.0639 e. The average molecular weight is 252 g/mol. The minimum absolute atomic E-state index is 0.0475. The minimum Gasteiger partial charge on any atom is -0.379 e. The SMILES string of the molecule is COC(C)(C)CCn1ccc(CNC(C)(C)C)c1. The van der Waals surface area contributed by atoms with Gasteiger partial charge in [-0.25, -0.2) is 0 Å². The van der Waals surface area contributed by atoms with Crippen LogP contribution in [0.15, 0.2) is 18.5 Å². The molecular weight excluding hydrogens is 224 g/mol. The summed E-state index contributed by atoms with van der Waals surface area (Å²) >= 11 is 0. The number of rotatable bonds is 6. The molecule has 3 nitrogen and oxygen atoms in total. The average Bonchev–Trinajstić information content (AvgIpc) is 2.71. The molecule has 0 atom stereocenters. The fourth-order valence-corrected chi connectivity index (χ4v) is 1.60. The molecule has 1 aromatic heterocycles. The van der Waals surface area contributed by atoms with Crippen molar-refractivity contribution < 1.29 is 4.74 Å². The molecule has 0 aliphatic carbocycles. The third kappa shape index (κ3) is 5.69. The van der Waals surface area contributed by atoms with Crippen LogP contribution in [0, 0.1) is 0 Å². The summed E-state index contributed by atoms with van der Waals surface area (Å²) in [7, 11) is 1.77. The Balaban J connectivity index is 2.44. The highest BCUT2D eigenvalue weighted by molar-refractivity contribution is 5.10. The van der Waals surface area contributed by atoms with Crippen LogP contribution in [0.2, 0.25) is 0 Å². The van der Waals surface area contributed by atoms with Crippen molar-refractivity contribution in [2.24, 2.45) is 0 Å². The third-order valence-electron chi connectivity index (χ3n) is 3.16. The molecule has 0 spiro atoms. The van der Waals surface area contributed by atoms with Crippen molar-refractivity contribution in [2.75, 3.05) is 7.11 Å². The molecule has 0 aliphatic rings. The van der Waals surface area contributed by atoms with Gasteiger partial charge in [0.1, 0.15) is 0 Å². The highest BCUT2D eigenvalue weighted by atomic mass is 16.5. The Morgan fingerprint density at radius 2 is 1.89 bits per heavy atom. The van der Waals surface area contributed by atoms with Gasteiger partial charge >= 0.3 is 0 Å².